The number of nitriles is 1. The largest absolute Gasteiger partial charge is 0.462 e. The number of esters is 1. The molecule has 6 rings (SSSR count). The van der Waals surface area contributed by atoms with Crippen LogP contribution in [0, 0.1) is 24.2 Å². The molecule has 214 valence electrons. The summed E-state index contributed by atoms with van der Waals surface area (Å²) in [6.07, 6.45) is 4.47. The Labute approximate surface area is 245 Å². The van der Waals surface area contributed by atoms with Crippen molar-refractivity contribution < 1.29 is 19.1 Å². The molecule has 9 nitrogen and oxygen atoms in total. The Kier molecular flexibility index (Phi) is 7.62. The number of carbonyl (C=O) groups excluding carboxylic acids is 3. The first-order valence-electron chi connectivity index (χ1n) is 14.5. The first kappa shape index (κ1) is 27.5. The minimum absolute atomic E-state index is 0.0572. The van der Waals surface area contributed by atoms with E-state index in [-0.39, 0.29) is 29.9 Å². The summed E-state index contributed by atoms with van der Waals surface area (Å²) in [4.78, 5) is 47.4. The van der Waals surface area contributed by atoms with Gasteiger partial charge in [0, 0.05) is 44.8 Å². The number of ether oxygens (including phenoxy) is 1. The lowest BCUT2D eigenvalue weighted by atomic mass is 9.87. The lowest BCUT2D eigenvalue weighted by molar-refractivity contribution is -0.120. The smallest absolute Gasteiger partial charge is 0.338 e. The Hall–Kier alpha value is -4.71. The van der Waals surface area contributed by atoms with Gasteiger partial charge in [0.05, 0.1) is 35.3 Å². The standard InChI is InChI=1S/C33H33N5O4/c1-21-15-26(22-7-8-22)18-35-30(21)37-11-13-38(14-12-37)32(40)28-10-9-24(16-25(28)17-34)29-27(19-36-31(29)39)20-42-33(41)23-5-3-2-4-6-23/h2-6,9-10,15-16,18,22,27,29H,7-8,11-14,19-20H2,1H3,(H,36,39)/t27?,29-/m0/s1. The molecule has 42 heavy (non-hydrogen) atoms. The predicted octanol–water partition coefficient (Wildman–Crippen LogP) is 3.79. The maximum absolute atomic E-state index is 13.5. The third-order valence-corrected chi connectivity index (χ3v) is 8.47. The van der Waals surface area contributed by atoms with Gasteiger partial charge in [-0.1, -0.05) is 30.3 Å². The number of hydrogen-bond acceptors (Lipinski definition) is 7. The first-order valence-corrected chi connectivity index (χ1v) is 14.5. The second-order valence-corrected chi connectivity index (χ2v) is 11.3. The SMILES string of the molecule is Cc1cc(C2CC2)cnc1N1CCN(C(=O)c2ccc([C@@H]3C(=O)NCC3COC(=O)c3ccccc3)cc2C#N)CC1. The highest BCUT2D eigenvalue weighted by Gasteiger charge is 2.37. The van der Waals surface area contributed by atoms with Gasteiger partial charge in [-0.05, 0) is 66.6 Å². The number of anilines is 1. The predicted molar refractivity (Wildman–Crippen MR) is 156 cm³/mol. The number of piperazine rings is 1. The number of aromatic nitrogens is 1. The van der Waals surface area contributed by atoms with Crippen LogP contribution < -0.4 is 10.2 Å². The number of hydrogen-bond donors (Lipinski definition) is 1. The van der Waals surface area contributed by atoms with E-state index in [1.807, 2.05) is 12.3 Å². The summed E-state index contributed by atoms with van der Waals surface area (Å²) in [5.41, 5.74) is 4.09. The minimum atomic E-state index is -0.588. The van der Waals surface area contributed by atoms with E-state index in [9.17, 15) is 19.6 Å². The number of amides is 2. The molecule has 1 aliphatic carbocycles. The second kappa shape index (κ2) is 11.6. The van der Waals surface area contributed by atoms with Crippen molar-refractivity contribution in [2.24, 2.45) is 5.92 Å². The average Bonchev–Trinajstić information content (AvgIpc) is 3.82. The lowest BCUT2D eigenvalue weighted by Crippen LogP contribution is -2.49. The molecule has 3 fully saturated rings. The fraction of sp³-hybridized carbons (Fsp3) is 0.364. The number of pyridine rings is 1. The molecule has 1 N–H and O–H groups in total. The van der Waals surface area contributed by atoms with Gasteiger partial charge < -0.3 is 19.9 Å². The van der Waals surface area contributed by atoms with Gasteiger partial charge in [0.25, 0.3) is 5.91 Å². The molecule has 2 aliphatic heterocycles. The molecule has 0 radical (unpaired) electrons. The highest BCUT2D eigenvalue weighted by atomic mass is 16.5. The monoisotopic (exact) mass is 563 g/mol. The molecular weight excluding hydrogens is 530 g/mol. The number of carbonyl (C=O) groups is 3. The number of aryl methyl sites for hydroxylation is 1. The summed E-state index contributed by atoms with van der Waals surface area (Å²) in [6.45, 7) is 4.88. The Bertz CT molecular complexity index is 1550. The van der Waals surface area contributed by atoms with E-state index in [0.717, 1.165) is 11.4 Å². The molecule has 1 saturated carbocycles. The van der Waals surface area contributed by atoms with Gasteiger partial charge in [0.15, 0.2) is 0 Å². The van der Waals surface area contributed by atoms with Crippen LogP contribution >= 0.6 is 0 Å². The van der Waals surface area contributed by atoms with Crippen LogP contribution in [0.1, 0.15) is 67.6 Å². The lowest BCUT2D eigenvalue weighted by Gasteiger charge is -2.36. The van der Waals surface area contributed by atoms with Crippen molar-refractivity contribution >= 4 is 23.6 Å². The number of nitrogens with one attached hydrogen (secondary N) is 1. The number of nitrogens with zero attached hydrogens (tertiary/aromatic N) is 4. The molecule has 2 aromatic carbocycles. The third kappa shape index (κ3) is 5.57. The molecule has 0 bridgehead atoms. The molecule has 1 unspecified atom stereocenters. The molecule has 2 atom stereocenters. The summed E-state index contributed by atoms with van der Waals surface area (Å²) in [5, 5.41) is 12.8. The fourth-order valence-electron chi connectivity index (χ4n) is 5.98. The van der Waals surface area contributed by atoms with E-state index < -0.39 is 11.9 Å². The second-order valence-electron chi connectivity index (χ2n) is 11.3. The van der Waals surface area contributed by atoms with Crippen LogP contribution in [0.15, 0.2) is 60.8 Å². The Balaban J connectivity index is 1.11. The molecular formula is C33H33N5O4. The van der Waals surface area contributed by atoms with Crippen molar-refractivity contribution in [2.45, 2.75) is 31.6 Å². The summed E-state index contributed by atoms with van der Waals surface area (Å²) < 4.78 is 5.51. The molecule has 3 aromatic rings. The Morgan fingerprint density at radius 3 is 2.50 bits per heavy atom. The summed E-state index contributed by atoms with van der Waals surface area (Å²) in [7, 11) is 0. The van der Waals surface area contributed by atoms with Gasteiger partial charge >= 0.3 is 5.97 Å². The molecule has 1 aromatic heterocycles. The van der Waals surface area contributed by atoms with Crippen molar-refractivity contribution in [2.75, 3.05) is 44.2 Å². The van der Waals surface area contributed by atoms with Crippen LogP contribution in [0.25, 0.3) is 0 Å². The minimum Gasteiger partial charge on any atom is -0.462 e. The zero-order valence-electron chi connectivity index (χ0n) is 23.6. The van der Waals surface area contributed by atoms with E-state index in [4.69, 9.17) is 9.72 Å². The Morgan fingerprint density at radius 1 is 1.05 bits per heavy atom. The van der Waals surface area contributed by atoms with Gasteiger partial charge in [-0.15, -0.1) is 0 Å². The van der Waals surface area contributed by atoms with Crippen LogP contribution in [0.2, 0.25) is 0 Å². The van der Waals surface area contributed by atoms with Crippen molar-refractivity contribution in [3.05, 3.63) is 94.2 Å². The van der Waals surface area contributed by atoms with Crippen molar-refractivity contribution in [3.63, 3.8) is 0 Å². The maximum atomic E-state index is 13.5. The van der Waals surface area contributed by atoms with E-state index in [1.54, 1.807) is 47.4 Å². The molecule has 0 spiro atoms. The van der Waals surface area contributed by atoms with Crippen molar-refractivity contribution in [1.29, 1.82) is 5.26 Å². The quantitative estimate of drug-likeness (QED) is 0.435. The molecule has 9 heteroatoms. The highest BCUT2D eigenvalue weighted by molar-refractivity contribution is 5.97. The van der Waals surface area contributed by atoms with Gasteiger partial charge in [-0.25, -0.2) is 9.78 Å². The first-order chi connectivity index (χ1) is 20.4. The zero-order valence-corrected chi connectivity index (χ0v) is 23.6. The third-order valence-electron chi connectivity index (χ3n) is 8.47. The van der Waals surface area contributed by atoms with Gasteiger partial charge in [-0.3, -0.25) is 9.59 Å². The molecule has 2 amide bonds. The number of benzene rings is 2. The fourth-order valence-corrected chi connectivity index (χ4v) is 5.98. The van der Waals surface area contributed by atoms with Crippen LogP contribution in [-0.2, 0) is 9.53 Å². The summed E-state index contributed by atoms with van der Waals surface area (Å²) >= 11 is 0. The zero-order chi connectivity index (χ0) is 29.2. The van der Waals surface area contributed by atoms with E-state index in [0.29, 0.717) is 55.3 Å². The van der Waals surface area contributed by atoms with Crippen molar-refractivity contribution in [1.82, 2.24) is 15.2 Å². The van der Waals surface area contributed by atoms with Crippen LogP contribution in [-0.4, -0.2) is 67.0 Å². The van der Waals surface area contributed by atoms with Gasteiger partial charge in [-0.2, -0.15) is 5.26 Å². The maximum Gasteiger partial charge on any atom is 0.338 e. The van der Waals surface area contributed by atoms with Crippen LogP contribution in [0.5, 0.6) is 0 Å². The van der Waals surface area contributed by atoms with Crippen LogP contribution in [0.4, 0.5) is 5.82 Å². The highest BCUT2D eigenvalue weighted by Crippen LogP contribution is 2.40. The molecule has 3 heterocycles. The van der Waals surface area contributed by atoms with Gasteiger partial charge in [0.2, 0.25) is 5.91 Å². The van der Waals surface area contributed by atoms with Crippen LogP contribution in [0.3, 0.4) is 0 Å². The summed E-state index contributed by atoms with van der Waals surface area (Å²) in [6, 6.07) is 18.1. The topological polar surface area (TPSA) is 116 Å². The molecule has 3 aliphatic rings. The van der Waals surface area contributed by atoms with E-state index >= 15 is 0 Å². The average molecular weight is 564 g/mol. The Morgan fingerprint density at radius 2 is 1.81 bits per heavy atom. The normalized spacial score (nSPS) is 20.1. The van der Waals surface area contributed by atoms with E-state index in [2.05, 4.69) is 29.3 Å². The van der Waals surface area contributed by atoms with Crippen molar-refractivity contribution in [3.8, 4) is 6.07 Å². The van der Waals surface area contributed by atoms with E-state index in [1.165, 1.54) is 18.4 Å². The van der Waals surface area contributed by atoms with Gasteiger partial charge in [0.1, 0.15) is 5.82 Å². The molecule has 2 saturated heterocycles. The number of rotatable bonds is 7. The summed E-state index contributed by atoms with van der Waals surface area (Å²) in [5.74, 6) is -0.0931.